The van der Waals surface area contributed by atoms with Gasteiger partial charge < -0.3 is 0 Å². The lowest BCUT2D eigenvalue weighted by Crippen LogP contribution is -2.29. The highest BCUT2D eigenvalue weighted by molar-refractivity contribution is 6.37. The normalized spacial score (nSPS) is 13.8. The minimum atomic E-state index is -4.74. The van der Waals surface area contributed by atoms with Gasteiger partial charge in [0.25, 0.3) is 11.8 Å². The van der Waals surface area contributed by atoms with Gasteiger partial charge >= 0.3 is 6.18 Å². The fourth-order valence-corrected chi connectivity index (χ4v) is 4.26. The lowest BCUT2D eigenvalue weighted by molar-refractivity contribution is -0.137. The zero-order valence-electron chi connectivity index (χ0n) is 17.2. The van der Waals surface area contributed by atoms with Crippen molar-refractivity contribution in [2.45, 2.75) is 20.0 Å². The van der Waals surface area contributed by atoms with Crippen LogP contribution in [0.4, 0.5) is 18.9 Å². The van der Waals surface area contributed by atoms with Crippen LogP contribution in [0.5, 0.6) is 0 Å². The fraction of sp³-hybridized carbons (Fsp3) is 0.130. The van der Waals surface area contributed by atoms with Gasteiger partial charge in [-0.2, -0.15) is 18.3 Å². The number of aryl methyl sites for hydroxylation is 2. The molecule has 4 aromatic rings. The summed E-state index contributed by atoms with van der Waals surface area (Å²) in [5.74, 6) is -1.51. The van der Waals surface area contributed by atoms with Crippen LogP contribution in [-0.4, -0.2) is 26.6 Å². The second-order valence-corrected chi connectivity index (χ2v) is 8.04. The van der Waals surface area contributed by atoms with Crippen molar-refractivity contribution in [2.75, 3.05) is 4.90 Å². The van der Waals surface area contributed by atoms with Crippen molar-refractivity contribution in [3.8, 4) is 5.69 Å². The summed E-state index contributed by atoms with van der Waals surface area (Å²) in [5.41, 5.74) is 1.22. The number of carbonyl (C=O) groups is 2. The molecule has 0 unspecified atom stereocenters. The van der Waals surface area contributed by atoms with E-state index in [0.29, 0.717) is 27.7 Å². The predicted octanol–water partition coefficient (Wildman–Crippen LogP) is 5.51. The highest BCUT2D eigenvalue weighted by Crippen LogP contribution is 2.40. The first kappa shape index (κ1) is 21.1. The molecular weight excluding hydrogens is 457 g/mol. The Morgan fingerprint density at radius 3 is 2.42 bits per heavy atom. The van der Waals surface area contributed by atoms with Crippen molar-refractivity contribution < 1.29 is 22.8 Å². The van der Waals surface area contributed by atoms with Crippen LogP contribution in [0.15, 0.2) is 48.7 Å². The largest absolute Gasteiger partial charge is 0.417 e. The SMILES string of the molecule is Cc1ccccc1-n1nc(C)c2c3c(cnc21)C(=O)N(c1ccc(Cl)c(C(F)(F)F)c1)C3=O. The number of carbonyl (C=O) groups excluding carboxylic acids is 2. The lowest BCUT2D eigenvalue weighted by atomic mass is 10.1. The fourth-order valence-electron chi connectivity index (χ4n) is 4.03. The smallest absolute Gasteiger partial charge is 0.268 e. The average Bonchev–Trinajstić information content (AvgIpc) is 3.22. The molecule has 0 aliphatic carbocycles. The number of aromatic nitrogens is 3. The Labute approximate surface area is 190 Å². The van der Waals surface area contributed by atoms with Gasteiger partial charge in [0.05, 0.1) is 44.2 Å². The predicted molar refractivity (Wildman–Crippen MR) is 116 cm³/mol. The molecule has 6 nitrogen and oxygen atoms in total. The first-order valence-electron chi connectivity index (χ1n) is 9.79. The van der Waals surface area contributed by atoms with Crippen LogP contribution < -0.4 is 4.90 Å². The molecule has 0 N–H and O–H groups in total. The van der Waals surface area contributed by atoms with Crippen molar-refractivity contribution in [2.24, 2.45) is 0 Å². The summed E-state index contributed by atoms with van der Waals surface area (Å²) in [5, 5.41) is 4.37. The van der Waals surface area contributed by atoms with Gasteiger partial charge in [-0.25, -0.2) is 14.6 Å². The number of nitrogens with zero attached hydrogens (tertiary/aromatic N) is 4. The quantitative estimate of drug-likeness (QED) is 0.362. The molecule has 0 saturated heterocycles. The number of rotatable bonds is 2. The third-order valence-corrected chi connectivity index (χ3v) is 5.91. The van der Waals surface area contributed by atoms with Crippen molar-refractivity contribution in [1.82, 2.24) is 14.8 Å². The number of para-hydroxylation sites is 1. The van der Waals surface area contributed by atoms with Gasteiger partial charge in [0.1, 0.15) is 0 Å². The first-order valence-corrected chi connectivity index (χ1v) is 10.2. The maximum atomic E-state index is 13.4. The number of hydrogen-bond acceptors (Lipinski definition) is 4. The van der Waals surface area contributed by atoms with Crippen LogP contribution in [-0.2, 0) is 6.18 Å². The molecule has 10 heteroatoms. The van der Waals surface area contributed by atoms with Gasteiger partial charge in [-0.1, -0.05) is 29.8 Å². The summed E-state index contributed by atoms with van der Waals surface area (Å²) in [4.78, 5) is 31.5. The Morgan fingerprint density at radius 1 is 1.00 bits per heavy atom. The molecule has 2 aromatic carbocycles. The number of fused-ring (bicyclic) bond motifs is 3. The van der Waals surface area contributed by atoms with E-state index < -0.39 is 28.6 Å². The Morgan fingerprint density at radius 2 is 1.73 bits per heavy atom. The molecule has 2 amide bonds. The molecule has 3 heterocycles. The molecular formula is C23H14ClF3N4O2. The van der Waals surface area contributed by atoms with Crippen molar-refractivity contribution in [3.05, 3.63) is 81.6 Å². The molecule has 1 aliphatic heterocycles. The summed E-state index contributed by atoms with van der Waals surface area (Å²) < 4.78 is 41.6. The van der Waals surface area contributed by atoms with Crippen LogP contribution in [0.3, 0.4) is 0 Å². The third kappa shape index (κ3) is 3.11. The van der Waals surface area contributed by atoms with Gasteiger partial charge in [0, 0.05) is 6.20 Å². The van der Waals surface area contributed by atoms with Crippen molar-refractivity contribution in [3.63, 3.8) is 0 Å². The Hall–Kier alpha value is -3.72. The van der Waals surface area contributed by atoms with Crippen molar-refractivity contribution in [1.29, 1.82) is 0 Å². The van der Waals surface area contributed by atoms with E-state index in [-0.39, 0.29) is 16.8 Å². The molecule has 0 atom stereocenters. The number of pyridine rings is 1. The van der Waals surface area contributed by atoms with E-state index in [1.54, 1.807) is 11.6 Å². The minimum absolute atomic E-state index is 0.00319. The molecule has 1 aliphatic rings. The minimum Gasteiger partial charge on any atom is -0.268 e. The molecule has 33 heavy (non-hydrogen) atoms. The lowest BCUT2D eigenvalue weighted by Gasteiger charge is -2.17. The third-order valence-electron chi connectivity index (χ3n) is 5.58. The van der Waals surface area contributed by atoms with Crippen molar-refractivity contribution >= 4 is 40.1 Å². The summed E-state index contributed by atoms with van der Waals surface area (Å²) >= 11 is 5.69. The van der Waals surface area contributed by atoms with Crippen LogP contribution in [0.25, 0.3) is 16.7 Å². The Balaban J connectivity index is 1.69. The van der Waals surface area contributed by atoms with E-state index >= 15 is 0 Å². The van der Waals surface area contributed by atoms with E-state index in [1.807, 2.05) is 31.2 Å². The van der Waals surface area contributed by atoms with E-state index in [2.05, 4.69) is 10.1 Å². The maximum absolute atomic E-state index is 13.4. The second kappa shape index (κ2) is 7.14. The topological polar surface area (TPSA) is 68.1 Å². The monoisotopic (exact) mass is 470 g/mol. The van der Waals surface area contributed by atoms with Crippen LogP contribution >= 0.6 is 11.6 Å². The molecule has 0 fully saturated rings. The van der Waals surface area contributed by atoms with E-state index in [4.69, 9.17) is 11.6 Å². The molecule has 0 saturated carbocycles. The second-order valence-electron chi connectivity index (χ2n) is 7.64. The number of amides is 2. The summed E-state index contributed by atoms with van der Waals surface area (Å²) in [6.07, 6.45) is -3.49. The number of hydrogen-bond donors (Lipinski definition) is 0. The molecule has 0 spiro atoms. The van der Waals surface area contributed by atoms with Crippen LogP contribution in [0, 0.1) is 13.8 Å². The van der Waals surface area contributed by atoms with E-state index in [9.17, 15) is 22.8 Å². The summed E-state index contributed by atoms with van der Waals surface area (Å²) in [7, 11) is 0. The Bertz CT molecular complexity index is 1490. The average molecular weight is 471 g/mol. The molecule has 0 bridgehead atoms. The maximum Gasteiger partial charge on any atom is 0.417 e. The molecule has 166 valence electrons. The van der Waals surface area contributed by atoms with Gasteiger partial charge in [0.15, 0.2) is 5.65 Å². The highest BCUT2D eigenvalue weighted by Gasteiger charge is 2.41. The van der Waals surface area contributed by atoms with Crippen LogP contribution in [0.1, 0.15) is 37.5 Å². The van der Waals surface area contributed by atoms with E-state index in [0.717, 1.165) is 17.3 Å². The zero-order chi connectivity index (χ0) is 23.7. The summed E-state index contributed by atoms with van der Waals surface area (Å²) in [6.45, 7) is 3.59. The molecule has 2 aromatic heterocycles. The van der Waals surface area contributed by atoms with Gasteiger partial charge in [0.2, 0.25) is 0 Å². The molecule has 5 rings (SSSR count). The number of benzene rings is 2. The number of halogens is 4. The van der Waals surface area contributed by atoms with Crippen LogP contribution in [0.2, 0.25) is 5.02 Å². The first-order chi connectivity index (χ1) is 15.6. The number of anilines is 1. The van der Waals surface area contributed by atoms with Gasteiger partial charge in [-0.15, -0.1) is 0 Å². The molecule has 0 radical (unpaired) electrons. The van der Waals surface area contributed by atoms with Gasteiger partial charge in [-0.3, -0.25) is 9.59 Å². The standard InChI is InChI=1S/C23H14ClF3N4O2/c1-11-5-3-4-6-17(11)31-20-18(12(2)29-31)19-14(10-28-20)21(32)30(22(19)33)13-7-8-16(24)15(9-13)23(25,26)27/h3-10H,1-2H3. The highest BCUT2D eigenvalue weighted by atomic mass is 35.5. The van der Waals surface area contributed by atoms with Gasteiger partial charge in [-0.05, 0) is 43.7 Å². The Kier molecular flexibility index (Phi) is 4.58. The summed E-state index contributed by atoms with van der Waals surface area (Å²) in [6, 6.07) is 10.4. The zero-order valence-corrected chi connectivity index (χ0v) is 18.0. The van der Waals surface area contributed by atoms with E-state index in [1.165, 1.54) is 12.3 Å². The number of imide groups is 1. The number of alkyl halides is 3.